The van der Waals surface area contributed by atoms with Crippen molar-refractivity contribution in [1.82, 2.24) is 10.9 Å². The molecule has 0 heterocycles. The van der Waals surface area contributed by atoms with Crippen LogP contribution in [0.2, 0.25) is 0 Å². The van der Waals surface area contributed by atoms with E-state index in [-0.39, 0.29) is 24.7 Å². The van der Waals surface area contributed by atoms with Crippen LogP contribution in [0.5, 0.6) is 23.0 Å². The van der Waals surface area contributed by atoms with Crippen molar-refractivity contribution in [2.45, 2.75) is 38.5 Å². The molecule has 0 spiro atoms. The van der Waals surface area contributed by atoms with Gasteiger partial charge in [0.2, 0.25) is 11.8 Å². The SMILES string of the molecule is COc1ccc(C(=O)Oc2ccccc2/C=N\NC(=O)CCCCCCC(=O)N/N=C\c2ccccc2OC(=O)c2ccc(OC)cc2)cc1. The molecule has 0 radical (unpaired) electrons. The average molecular weight is 679 g/mol. The molecule has 12 heteroatoms. The van der Waals surface area contributed by atoms with E-state index in [2.05, 4.69) is 21.1 Å². The van der Waals surface area contributed by atoms with E-state index in [0.29, 0.717) is 58.1 Å². The van der Waals surface area contributed by atoms with E-state index in [1.165, 1.54) is 12.4 Å². The van der Waals surface area contributed by atoms with E-state index >= 15 is 0 Å². The summed E-state index contributed by atoms with van der Waals surface area (Å²) >= 11 is 0. The fourth-order valence-electron chi connectivity index (χ4n) is 4.52. The summed E-state index contributed by atoms with van der Waals surface area (Å²) in [6.07, 6.45) is 6.14. The molecule has 50 heavy (non-hydrogen) atoms. The number of benzene rings is 4. The number of ether oxygens (including phenoxy) is 4. The number of amides is 2. The number of rotatable bonds is 17. The van der Waals surface area contributed by atoms with Crippen molar-refractivity contribution in [3.8, 4) is 23.0 Å². The van der Waals surface area contributed by atoms with Gasteiger partial charge in [-0.25, -0.2) is 20.4 Å². The Balaban J connectivity index is 1.11. The van der Waals surface area contributed by atoms with Crippen LogP contribution in [0.4, 0.5) is 0 Å². The van der Waals surface area contributed by atoms with Crippen molar-refractivity contribution in [2.24, 2.45) is 10.2 Å². The number of methoxy groups -OCH3 is 2. The molecule has 4 aromatic carbocycles. The van der Waals surface area contributed by atoms with Gasteiger partial charge in [0, 0.05) is 24.0 Å². The van der Waals surface area contributed by atoms with Gasteiger partial charge in [-0.3, -0.25) is 9.59 Å². The highest BCUT2D eigenvalue weighted by Crippen LogP contribution is 2.20. The molecule has 0 atom stereocenters. The summed E-state index contributed by atoms with van der Waals surface area (Å²) in [5.41, 5.74) is 6.76. The van der Waals surface area contributed by atoms with Crippen LogP contribution in [0.25, 0.3) is 0 Å². The van der Waals surface area contributed by atoms with Gasteiger partial charge in [-0.15, -0.1) is 0 Å². The van der Waals surface area contributed by atoms with Crippen LogP contribution in [0.3, 0.4) is 0 Å². The lowest BCUT2D eigenvalue weighted by atomic mass is 10.1. The summed E-state index contributed by atoms with van der Waals surface area (Å²) in [5, 5.41) is 8.01. The number of carbonyl (C=O) groups excluding carboxylic acids is 4. The van der Waals surface area contributed by atoms with Gasteiger partial charge in [0.05, 0.1) is 37.8 Å². The standard InChI is InChI=1S/C38H38N4O8/c1-47-31-21-17-27(18-22-31)37(45)49-33-13-9-7-11-29(33)25-39-41-35(43)15-5-3-4-6-16-36(44)42-40-26-30-12-8-10-14-34(30)50-38(46)28-19-23-32(48-2)24-20-28/h7-14,17-26H,3-6,15-16H2,1-2H3,(H,41,43)(H,42,44)/b39-25-,40-26-. The summed E-state index contributed by atoms with van der Waals surface area (Å²) in [4.78, 5) is 49.6. The van der Waals surface area contributed by atoms with E-state index < -0.39 is 11.9 Å². The highest BCUT2D eigenvalue weighted by molar-refractivity contribution is 5.94. The van der Waals surface area contributed by atoms with Gasteiger partial charge < -0.3 is 18.9 Å². The van der Waals surface area contributed by atoms with Crippen molar-refractivity contribution in [2.75, 3.05) is 14.2 Å². The third-order valence-electron chi connectivity index (χ3n) is 7.24. The lowest BCUT2D eigenvalue weighted by Crippen LogP contribution is -2.17. The van der Waals surface area contributed by atoms with Crippen LogP contribution in [-0.2, 0) is 9.59 Å². The summed E-state index contributed by atoms with van der Waals surface area (Å²) in [5.74, 6) is 0.289. The summed E-state index contributed by atoms with van der Waals surface area (Å²) in [7, 11) is 3.09. The second-order valence-electron chi connectivity index (χ2n) is 10.8. The highest BCUT2D eigenvalue weighted by atomic mass is 16.5. The van der Waals surface area contributed by atoms with Gasteiger partial charge in [-0.05, 0) is 85.6 Å². The van der Waals surface area contributed by atoms with Crippen LogP contribution in [-0.4, -0.2) is 50.4 Å². The predicted octanol–water partition coefficient (Wildman–Crippen LogP) is 6.08. The molecule has 258 valence electrons. The van der Waals surface area contributed by atoms with Gasteiger partial charge in [0.15, 0.2) is 0 Å². The first-order valence-corrected chi connectivity index (χ1v) is 15.9. The number of hydrogen-bond donors (Lipinski definition) is 2. The zero-order valence-corrected chi connectivity index (χ0v) is 27.8. The molecule has 0 saturated carbocycles. The Morgan fingerprint density at radius 2 is 0.920 bits per heavy atom. The van der Waals surface area contributed by atoms with Crippen molar-refractivity contribution < 1.29 is 38.1 Å². The second-order valence-corrected chi connectivity index (χ2v) is 10.8. The van der Waals surface area contributed by atoms with Crippen molar-refractivity contribution in [1.29, 1.82) is 0 Å². The van der Waals surface area contributed by atoms with Gasteiger partial charge in [0.25, 0.3) is 0 Å². The molecule has 4 rings (SSSR count). The molecule has 0 aliphatic rings. The first-order chi connectivity index (χ1) is 24.4. The first-order valence-electron chi connectivity index (χ1n) is 15.9. The molecule has 0 aromatic heterocycles. The van der Waals surface area contributed by atoms with Crippen LogP contribution in [0.15, 0.2) is 107 Å². The van der Waals surface area contributed by atoms with E-state index in [4.69, 9.17) is 18.9 Å². The minimum absolute atomic E-state index is 0.254. The molecule has 0 bridgehead atoms. The van der Waals surface area contributed by atoms with E-state index in [1.54, 1.807) is 111 Å². The number of hydrazone groups is 2. The number of nitrogens with zero attached hydrogens (tertiary/aromatic N) is 2. The summed E-state index contributed by atoms with van der Waals surface area (Å²) in [6, 6.07) is 26.8. The van der Waals surface area contributed by atoms with Gasteiger partial charge in [-0.1, -0.05) is 37.1 Å². The molecule has 0 aliphatic heterocycles. The molecular formula is C38H38N4O8. The molecule has 12 nitrogen and oxygen atoms in total. The topological polar surface area (TPSA) is 154 Å². The lowest BCUT2D eigenvalue weighted by molar-refractivity contribution is -0.122. The molecule has 0 saturated heterocycles. The smallest absolute Gasteiger partial charge is 0.343 e. The van der Waals surface area contributed by atoms with Crippen molar-refractivity contribution in [3.63, 3.8) is 0 Å². The Labute approximate surface area is 290 Å². The van der Waals surface area contributed by atoms with Gasteiger partial charge in [-0.2, -0.15) is 10.2 Å². The molecule has 2 N–H and O–H groups in total. The number of carbonyl (C=O) groups is 4. The van der Waals surface area contributed by atoms with Gasteiger partial charge >= 0.3 is 11.9 Å². The van der Waals surface area contributed by atoms with Crippen molar-refractivity contribution >= 4 is 36.2 Å². The molecule has 0 aliphatic carbocycles. The quantitative estimate of drug-likeness (QED) is 0.0448. The minimum atomic E-state index is -0.533. The Morgan fingerprint density at radius 1 is 0.540 bits per heavy atom. The Bertz CT molecular complexity index is 1670. The number of unbranched alkanes of at least 4 members (excludes halogenated alkanes) is 3. The minimum Gasteiger partial charge on any atom is -0.497 e. The Kier molecular flexibility index (Phi) is 14.3. The zero-order valence-electron chi connectivity index (χ0n) is 27.8. The number of para-hydroxylation sites is 2. The summed E-state index contributed by atoms with van der Waals surface area (Å²) < 4.78 is 21.3. The van der Waals surface area contributed by atoms with E-state index in [0.717, 1.165) is 12.8 Å². The maximum absolute atomic E-state index is 12.5. The Hall–Kier alpha value is -6.30. The normalized spacial score (nSPS) is 10.8. The third kappa shape index (κ3) is 11.7. The fourth-order valence-corrected chi connectivity index (χ4v) is 4.52. The third-order valence-corrected chi connectivity index (χ3v) is 7.24. The van der Waals surface area contributed by atoms with Gasteiger partial charge in [0.1, 0.15) is 23.0 Å². The average Bonchev–Trinajstić information content (AvgIpc) is 3.14. The first kappa shape index (κ1) is 36.5. The zero-order chi connectivity index (χ0) is 35.6. The number of esters is 2. The van der Waals surface area contributed by atoms with Crippen LogP contribution in [0.1, 0.15) is 70.4 Å². The fraction of sp³-hybridized carbons (Fsp3) is 0.211. The maximum Gasteiger partial charge on any atom is 0.343 e. The largest absolute Gasteiger partial charge is 0.497 e. The second kappa shape index (κ2) is 19.5. The molecule has 2 amide bonds. The molecule has 0 unspecified atom stereocenters. The van der Waals surface area contributed by atoms with Crippen molar-refractivity contribution in [3.05, 3.63) is 119 Å². The molecule has 0 fully saturated rings. The summed E-state index contributed by atoms with van der Waals surface area (Å²) in [6.45, 7) is 0. The maximum atomic E-state index is 12.5. The molecule has 4 aromatic rings. The monoisotopic (exact) mass is 678 g/mol. The predicted molar refractivity (Wildman–Crippen MR) is 188 cm³/mol. The van der Waals surface area contributed by atoms with E-state index in [9.17, 15) is 19.2 Å². The number of nitrogens with one attached hydrogen (secondary N) is 2. The molecular weight excluding hydrogens is 640 g/mol. The lowest BCUT2D eigenvalue weighted by Gasteiger charge is -2.08. The van der Waals surface area contributed by atoms with E-state index in [1.807, 2.05) is 0 Å². The van der Waals surface area contributed by atoms with Crippen LogP contribution in [0, 0.1) is 0 Å². The Morgan fingerprint density at radius 3 is 1.30 bits per heavy atom. The van der Waals surface area contributed by atoms with Crippen LogP contribution < -0.4 is 29.8 Å². The number of hydrogen-bond acceptors (Lipinski definition) is 10. The highest BCUT2D eigenvalue weighted by Gasteiger charge is 2.13. The van der Waals surface area contributed by atoms with Crippen LogP contribution >= 0.6 is 0 Å².